The fraction of sp³-hybridized carbons (Fsp3) is 0.0244. The first-order valence-electron chi connectivity index (χ1n) is 14.6. The van der Waals surface area contributed by atoms with Crippen LogP contribution in [0.15, 0.2) is 164 Å². The second-order valence-electron chi connectivity index (χ2n) is 11.3. The Morgan fingerprint density at radius 1 is 0.381 bits per heavy atom. The van der Waals surface area contributed by atoms with Crippen LogP contribution in [0, 0.1) is 0 Å². The van der Waals surface area contributed by atoms with Gasteiger partial charge in [0.25, 0.3) is 0 Å². The molecule has 0 saturated heterocycles. The first kappa shape index (κ1) is 23.3. The summed E-state index contributed by atoms with van der Waals surface area (Å²) in [6.07, 6.45) is 0. The number of nitrogens with zero attached hydrogens (tertiary/aromatic N) is 1. The monoisotopic (exact) mass is 533 g/mol. The van der Waals surface area contributed by atoms with Crippen molar-refractivity contribution in [3.05, 3.63) is 186 Å². The van der Waals surface area contributed by atoms with Crippen LogP contribution in [0.25, 0.3) is 49.4 Å². The fourth-order valence-electron chi connectivity index (χ4n) is 7.65. The second-order valence-corrected chi connectivity index (χ2v) is 11.3. The summed E-state index contributed by atoms with van der Waals surface area (Å²) in [5.41, 5.74) is 11.1. The van der Waals surface area contributed by atoms with Crippen LogP contribution in [0.5, 0.6) is 0 Å². The summed E-state index contributed by atoms with van der Waals surface area (Å²) >= 11 is 0. The average Bonchev–Trinajstić information content (AvgIpc) is 3.56. The molecule has 0 N–H and O–H groups in total. The fourth-order valence-corrected chi connectivity index (χ4v) is 7.65. The van der Waals surface area contributed by atoms with Crippen molar-refractivity contribution >= 4 is 32.6 Å². The van der Waals surface area contributed by atoms with E-state index in [2.05, 4.69) is 168 Å². The van der Waals surface area contributed by atoms with Crippen LogP contribution >= 0.6 is 0 Å². The Kier molecular flexibility index (Phi) is 4.88. The van der Waals surface area contributed by atoms with E-state index in [4.69, 9.17) is 0 Å². The van der Waals surface area contributed by atoms with Gasteiger partial charge in [-0.1, -0.05) is 146 Å². The van der Waals surface area contributed by atoms with Gasteiger partial charge in [0.15, 0.2) is 0 Å². The summed E-state index contributed by atoms with van der Waals surface area (Å²) in [5.74, 6) is 0. The lowest BCUT2D eigenvalue weighted by Gasteiger charge is -2.34. The predicted molar refractivity (Wildman–Crippen MR) is 176 cm³/mol. The van der Waals surface area contributed by atoms with Crippen LogP contribution in [0.3, 0.4) is 0 Å². The number of benzene rings is 7. The van der Waals surface area contributed by atoms with Crippen molar-refractivity contribution in [3.63, 3.8) is 0 Å². The molecule has 42 heavy (non-hydrogen) atoms. The third-order valence-corrected chi connectivity index (χ3v) is 9.26. The molecule has 0 spiro atoms. The van der Waals surface area contributed by atoms with E-state index in [1.807, 2.05) is 0 Å². The summed E-state index contributed by atoms with van der Waals surface area (Å²) in [6, 6.07) is 60.2. The summed E-state index contributed by atoms with van der Waals surface area (Å²) in [6.45, 7) is 0. The zero-order chi connectivity index (χ0) is 27.7. The van der Waals surface area contributed by atoms with E-state index in [0.29, 0.717) is 0 Å². The smallest absolute Gasteiger partial charge is 0.0714 e. The van der Waals surface area contributed by atoms with Crippen LogP contribution < -0.4 is 0 Å². The molecule has 1 heterocycles. The third kappa shape index (κ3) is 2.97. The van der Waals surface area contributed by atoms with Crippen LogP contribution in [0.2, 0.25) is 0 Å². The Hall–Kier alpha value is -5.40. The van der Waals surface area contributed by atoms with Crippen molar-refractivity contribution in [2.75, 3.05) is 0 Å². The topological polar surface area (TPSA) is 4.93 Å². The van der Waals surface area contributed by atoms with Gasteiger partial charge in [-0.2, -0.15) is 0 Å². The van der Waals surface area contributed by atoms with Crippen molar-refractivity contribution in [2.24, 2.45) is 0 Å². The maximum absolute atomic E-state index is 2.50. The van der Waals surface area contributed by atoms with Crippen LogP contribution in [0.4, 0.5) is 0 Å². The van der Waals surface area contributed by atoms with Crippen molar-refractivity contribution in [1.82, 2.24) is 4.57 Å². The van der Waals surface area contributed by atoms with Gasteiger partial charge in [-0.3, -0.25) is 0 Å². The molecule has 1 aliphatic rings. The van der Waals surface area contributed by atoms with E-state index < -0.39 is 5.41 Å². The molecule has 1 heteroatoms. The minimum absolute atomic E-state index is 0.452. The van der Waals surface area contributed by atoms with Crippen LogP contribution in [0.1, 0.15) is 22.3 Å². The lowest BCUT2D eigenvalue weighted by molar-refractivity contribution is 0.768. The molecule has 9 rings (SSSR count). The Morgan fingerprint density at radius 2 is 0.857 bits per heavy atom. The SMILES string of the molecule is c1ccc(C2(c3ccccc3)c3ccccc3-c3c2cc(-n2c4ccccc4c4ccccc42)c2ccccc32)cc1. The Labute approximate surface area is 244 Å². The predicted octanol–water partition coefficient (Wildman–Crippen LogP) is 10.3. The molecular formula is C41H27N. The maximum Gasteiger partial charge on any atom is 0.0714 e. The maximum atomic E-state index is 2.50. The summed E-state index contributed by atoms with van der Waals surface area (Å²) in [4.78, 5) is 0. The number of hydrogen-bond acceptors (Lipinski definition) is 0. The standard InChI is InChI=1S/C41H27N/c1-3-15-28(16-4-1)41(29-17-5-2-6-18-29)35-24-12-9-23-34(35)40-33-22-8-7-21-32(33)39(27-36(40)41)42-37-25-13-10-19-30(37)31-20-11-14-26-38(31)42/h1-27H. The molecule has 0 saturated carbocycles. The summed E-state index contributed by atoms with van der Waals surface area (Å²) < 4.78 is 2.48. The molecule has 1 aromatic heterocycles. The van der Waals surface area contributed by atoms with Gasteiger partial charge in [-0.25, -0.2) is 0 Å². The zero-order valence-electron chi connectivity index (χ0n) is 23.0. The highest BCUT2D eigenvalue weighted by molar-refractivity contribution is 6.13. The Morgan fingerprint density at radius 3 is 1.48 bits per heavy atom. The van der Waals surface area contributed by atoms with Gasteiger partial charge in [-0.05, 0) is 57.0 Å². The van der Waals surface area contributed by atoms with Crippen molar-refractivity contribution in [2.45, 2.75) is 5.41 Å². The molecule has 8 aromatic rings. The number of hydrogen-bond donors (Lipinski definition) is 0. The molecule has 0 fully saturated rings. The van der Waals surface area contributed by atoms with Gasteiger partial charge < -0.3 is 4.57 Å². The van der Waals surface area contributed by atoms with E-state index in [-0.39, 0.29) is 0 Å². The molecule has 196 valence electrons. The quantitative estimate of drug-likeness (QED) is 0.213. The number of fused-ring (bicyclic) bond motifs is 8. The first-order chi connectivity index (χ1) is 20.9. The number of rotatable bonds is 3. The zero-order valence-corrected chi connectivity index (χ0v) is 23.0. The van der Waals surface area contributed by atoms with Gasteiger partial charge in [-0.15, -0.1) is 0 Å². The van der Waals surface area contributed by atoms with E-state index in [0.717, 1.165) is 0 Å². The van der Waals surface area contributed by atoms with E-state index in [9.17, 15) is 0 Å². The Balaban J connectivity index is 1.52. The molecule has 0 radical (unpaired) electrons. The van der Waals surface area contributed by atoms with Crippen LogP contribution in [-0.4, -0.2) is 4.57 Å². The van der Waals surface area contributed by atoms with Gasteiger partial charge in [0.2, 0.25) is 0 Å². The molecule has 0 bridgehead atoms. The normalized spacial score (nSPS) is 13.4. The lowest BCUT2D eigenvalue weighted by atomic mass is 9.67. The number of aromatic nitrogens is 1. The summed E-state index contributed by atoms with van der Waals surface area (Å²) in [7, 11) is 0. The average molecular weight is 534 g/mol. The Bertz CT molecular complexity index is 2200. The molecule has 0 amide bonds. The van der Waals surface area contributed by atoms with E-state index >= 15 is 0 Å². The summed E-state index contributed by atoms with van der Waals surface area (Å²) in [5, 5.41) is 5.10. The minimum Gasteiger partial charge on any atom is -0.309 e. The lowest BCUT2D eigenvalue weighted by Crippen LogP contribution is -2.28. The highest BCUT2D eigenvalue weighted by Gasteiger charge is 2.47. The molecule has 1 nitrogen and oxygen atoms in total. The van der Waals surface area contributed by atoms with Crippen molar-refractivity contribution < 1.29 is 0 Å². The van der Waals surface area contributed by atoms with E-state index in [1.165, 1.54) is 71.6 Å². The minimum atomic E-state index is -0.452. The molecule has 0 unspecified atom stereocenters. The van der Waals surface area contributed by atoms with Crippen LogP contribution in [-0.2, 0) is 5.41 Å². The third-order valence-electron chi connectivity index (χ3n) is 9.26. The van der Waals surface area contributed by atoms with Crippen molar-refractivity contribution in [3.8, 4) is 16.8 Å². The van der Waals surface area contributed by atoms with Gasteiger partial charge in [0.05, 0.1) is 22.1 Å². The molecule has 1 aliphatic carbocycles. The molecular weight excluding hydrogens is 506 g/mol. The van der Waals surface area contributed by atoms with Gasteiger partial charge in [0.1, 0.15) is 0 Å². The molecule has 0 aliphatic heterocycles. The largest absolute Gasteiger partial charge is 0.309 e. The second kappa shape index (κ2) is 8.80. The van der Waals surface area contributed by atoms with Crippen molar-refractivity contribution in [1.29, 1.82) is 0 Å². The van der Waals surface area contributed by atoms with Gasteiger partial charge >= 0.3 is 0 Å². The highest BCUT2D eigenvalue weighted by Crippen LogP contribution is 2.58. The number of para-hydroxylation sites is 2. The van der Waals surface area contributed by atoms with E-state index in [1.54, 1.807) is 0 Å². The first-order valence-corrected chi connectivity index (χ1v) is 14.6. The molecule has 0 atom stereocenters. The molecule has 7 aromatic carbocycles. The van der Waals surface area contributed by atoms with Gasteiger partial charge in [0, 0.05) is 16.2 Å². The highest BCUT2D eigenvalue weighted by atomic mass is 15.0.